The molecule has 3 rings (SSSR count). The molecule has 22 heavy (non-hydrogen) atoms. The van der Waals surface area contributed by atoms with Gasteiger partial charge in [-0.2, -0.15) is 0 Å². The van der Waals surface area contributed by atoms with Gasteiger partial charge in [0.1, 0.15) is 5.84 Å². The summed E-state index contributed by atoms with van der Waals surface area (Å²) in [5.41, 5.74) is 1.05. The number of nitrogens with zero attached hydrogens (tertiary/aromatic N) is 1. The van der Waals surface area contributed by atoms with Gasteiger partial charge in [-0.15, -0.1) is 0 Å². The van der Waals surface area contributed by atoms with E-state index in [4.69, 9.17) is 0 Å². The van der Waals surface area contributed by atoms with E-state index in [9.17, 15) is 13.2 Å². The molecule has 1 aliphatic heterocycles. The van der Waals surface area contributed by atoms with E-state index in [1.165, 1.54) is 12.1 Å². The van der Waals surface area contributed by atoms with E-state index in [-0.39, 0.29) is 26.7 Å². The number of aliphatic imine (C=N–C) groups is 1. The number of fused-ring (bicyclic) bond motifs is 2. The normalized spacial score (nSPS) is 15.9. The predicted octanol–water partition coefficient (Wildman–Crippen LogP) is 1.66. The van der Waals surface area contributed by atoms with Gasteiger partial charge in [0.05, 0.1) is 9.79 Å². The van der Waals surface area contributed by atoms with Crippen LogP contribution in [0, 0.1) is 0 Å². The molecule has 2 aromatic rings. The summed E-state index contributed by atoms with van der Waals surface area (Å²) in [7, 11) is -0.394. The van der Waals surface area contributed by atoms with Crippen LogP contribution in [0.4, 0.5) is 0 Å². The maximum absolute atomic E-state index is 12.8. The van der Waals surface area contributed by atoms with Crippen LogP contribution in [0.2, 0.25) is 0 Å². The first kappa shape index (κ1) is 14.5. The molecular weight excluding hydrogens is 300 g/mol. The maximum Gasteiger partial charge on any atom is 0.208 e. The van der Waals surface area contributed by atoms with Crippen molar-refractivity contribution in [2.75, 3.05) is 14.1 Å². The molecule has 0 spiro atoms. The Morgan fingerprint density at radius 2 is 1.73 bits per heavy atom. The van der Waals surface area contributed by atoms with Crippen molar-refractivity contribution in [1.82, 2.24) is 5.32 Å². The highest BCUT2D eigenvalue weighted by atomic mass is 32.2. The molecule has 2 aromatic carbocycles. The lowest BCUT2D eigenvalue weighted by molar-refractivity contribution is 0.103. The van der Waals surface area contributed by atoms with E-state index >= 15 is 0 Å². The molecule has 0 aliphatic carbocycles. The van der Waals surface area contributed by atoms with Gasteiger partial charge in [-0.1, -0.05) is 18.2 Å². The standard InChI is InChI=1S/C16H14N2O3S/c1-17-16(18-2)10-7-8-12-14(9-10)22(20,21)13-6-4-3-5-11(13)15(12)19/h3-9H,1-2H3,(H,17,18). The molecule has 0 amide bonds. The molecule has 0 atom stereocenters. The first-order valence-electron chi connectivity index (χ1n) is 6.68. The topological polar surface area (TPSA) is 75.6 Å². The Morgan fingerprint density at radius 1 is 1.05 bits per heavy atom. The molecule has 0 bridgehead atoms. The fourth-order valence-electron chi connectivity index (χ4n) is 2.62. The summed E-state index contributed by atoms with van der Waals surface area (Å²) < 4.78 is 25.6. The first-order chi connectivity index (χ1) is 10.5. The maximum atomic E-state index is 12.8. The van der Waals surface area contributed by atoms with Crippen molar-refractivity contribution in [3.63, 3.8) is 0 Å². The lowest BCUT2D eigenvalue weighted by atomic mass is 10.0. The fraction of sp³-hybridized carbons (Fsp3) is 0.125. The third-order valence-corrected chi connectivity index (χ3v) is 5.52. The van der Waals surface area contributed by atoms with E-state index in [0.29, 0.717) is 11.4 Å². The van der Waals surface area contributed by atoms with Gasteiger partial charge in [-0.05, 0) is 24.3 Å². The highest BCUT2D eigenvalue weighted by Crippen LogP contribution is 2.34. The number of amidine groups is 1. The van der Waals surface area contributed by atoms with Gasteiger partial charge < -0.3 is 5.32 Å². The Hall–Kier alpha value is -2.47. The molecule has 1 aliphatic rings. The van der Waals surface area contributed by atoms with Crippen LogP contribution in [0.5, 0.6) is 0 Å². The van der Waals surface area contributed by atoms with Gasteiger partial charge in [0.2, 0.25) is 9.84 Å². The number of hydrogen-bond donors (Lipinski definition) is 1. The second-order valence-electron chi connectivity index (χ2n) is 4.86. The monoisotopic (exact) mass is 314 g/mol. The average molecular weight is 314 g/mol. The van der Waals surface area contributed by atoms with Crippen molar-refractivity contribution in [1.29, 1.82) is 0 Å². The van der Waals surface area contributed by atoms with Crippen molar-refractivity contribution in [3.8, 4) is 0 Å². The molecule has 0 unspecified atom stereocenters. The van der Waals surface area contributed by atoms with Crippen molar-refractivity contribution in [2.45, 2.75) is 9.79 Å². The molecule has 0 saturated heterocycles. The average Bonchev–Trinajstić information content (AvgIpc) is 2.54. The molecular formula is C16H14N2O3S. The van der Waals surface area contributed by atoms with Crippen LogP contribution in [-0.2, 0) is 9.84 Å². The molecule has 0 saturated carbocycles. The van der Waals surface area contributed by atoms with Crippen LogP contribution in [0.25, 0.3) is 0 Å². The third-order valence-electron chi connectivity index (χ3n) is 3.67. The molecule has 0 fully saturated rings. The number of nitrogens with one attached hydrogen (secondary N) is 1. The summed E-state index contributed by atoms with van der Waals surface area (Å²) in [5.74, 6) is 0.288. The summed E-state index contributed by atoms with van der Waals surface area (Å²) >= 11 is 0. The lowest BCUT2D eigenvalue weighted by Gasteiger charge is -2.19. The number of benzene rings is 2. The Kier molecular flexibility index (Phi) is 3.33. The van der Waals surface area contributed by atoms with Gasteiger partial charge >= 0.3 is 0 Å². The van der Waals surface area contributed by atoms with E-state index in [1.807, 2.05) is 0 Å². The molecule has 6 heteroatoms. The van der Waals surface area contributed by atoms with Crippen molar-refractivity contribution >= 4 is 21.5 Å². The van der Waals surface area contributed by atoms with Crippen molar-refractivity contribution < 1.29 is 13.2 Å². The smallest absolute Gasteiger partial charge is 0.208 e. The Labute approximate surface area is 128 Å². The van der Waals surface area contributed by atoms with Crippen LogP contribution < -0.4 is 5.32 Å². The van der Waals surface area contributed by atoms with E-state index in [2.05, 4.69) is 10.3 Å². The molecule has 1 heterocycles. The molecule has 0 radical (unpaired) electrons. The molecule has 1 N–H and O–H groups in total. The van der Waals surface area contributed by atoms with Gasteiger partial charge in [0.25, 0.3) is 0 Å². The van der Waals surface area contributed by atoms with Gasteiger partial charge in [0.15, 0.2) is 5.78 Å². The van der Waals surface area contributed by atoms with Crippen LogP contribution in [0.15, 0.2) is 57.2 Å². The number of carbonyl (C=O) groups is 1. The summed E-state index contributed by atoms with van der Waals surface area (Å²) in [5, 5.41) is 2.90. The predicted molar refractivity (Wildman–Crippen MR) is 83.3 cm³/mol. The minimum Gasteiger partial charge on any atom is -0.373 e. The number of carbonyl (C=O) groups excluding carboxylic acids is 1. The molecule has 5 nitrogen and oxygen atoms in total. The van der Waals surface area contributed by atoms with E-state index in [1.54, 1.807) is 44.4 Å². The fourth-order valence-corrected chi connectivity index (χ4v) is 4.29. The third kappa shape index (κ3) is 1.95. The zero-order valence-electron chi connectivity index (χ0n) is 12.1. The highest BCUT2D eigenvalue weighted by molar-refractivity contribution is 7.91. The summed E-state index contributed by atoms with van der Waals surface area (Å²) in [4.78, 5) is 16.7. The Balaban J connectivity index is 2.30. The largest absolute Gasteiger partial charge is 0.373 e. The van der Waals surface area contributed by atoms with Gasteiger partial charge in [-0.25, -0.2) is 8.42 Å². The van der Waals surface area contributed by atoms with Gasteiger partial charge in [-0.3, -0.25) is 9.79 Å². The summed E-state index contributed by atoms with van der Waals surface area (Å²) in [6.07, 6.45) is 0. The van der Waals surface area contributed by atoms with Crippen LogP contribution in [0.3, 0.4) is 0 Å². The van der Waals surface area contributed by atoms with Crippen LogP contribution >= 0.6 is 0 Å². The number of hydrogen-bond acceptors (Lipinski definition) is 4. The van der Waals surface area contributed by atoms with Gasteiger partial charge in [0, 0.05) is 30.8 Å². The molecule has 112 valence electrons. The zero-order chi connectivity index (χ0) is 15.9. The Bertz CT molecular complexity index is 915. The number of rotatable bonds is 1. The lowest BCUT2D eigenvalue weighted by Crippen LogP contribution is -2.23. The van der Waals surface area contributed by atoms with Crippen molar-refractivity contribution in [3.05, 3.63) is 59.2 Å². The van der Waals surface area contributed by atoms with Crippen LogP contribution in [-0.4, -0.2) is 34.1 Å². The quantitative estimate of drug-likeness (QED) is 0.547. The number of sulfone groups is 1. The highest BCUT2D eigenvalue weighted by Gasteiger charge is 2.34. The zero-order valence-corrected chi connectivity index (χ0v) is 12.9. The van der Waals surface area contributed by atoms with E-state index < -0.39 is 9.84 Å². The van der Waals surface area contributed by atoms with Crippen molar-refractivity contribution in [2.24, 2.45) is 4.99 Å². The molecule has 0 aromatic heterocycles. The second-order valence-corrected chi connectivity index (χ2v) is 6.75. The Morgan fingerprint density at radius 3 is 2.41 bits per heavy atom. The minimum atomic E-state index is -3.71. The first-order valence-corrected chi connectivity index (χ1v) is 8.17. The van der Waals surface area contributed by atoms with E-state index in [0.717, 1.165) is 0 Å². The van der Waals surface area contributed by atoms with Crippen LogP contribution in [0.1, 0.15) is 21.5 Å². The summed E-state index contributed by atoms with van der Waals surface area (Å²) in [6, 6.07) is 11.0. The minimum absolute atomic E-state index is 0.0325. The summed E-state index contributed by atoms with van der Waals surface area (Å²) in [6.45, 7) is 0. The second kappa shape index (κ2) is 5.06. The SMILES string of the molecule is CN=C(NC)c1ccc2c(c1)S(=O)(=O)c1ccccc1C2=O. The number of ketones is 1.